The number of aliphatic hydroxyl groups is 1. The van der Waals surface area contributed by atoms with Crippen LogP contribution >= 0.6 is 12.4 Å². The van der Waals surface area contributed by atoms with Gasteiger partial charge in [0.05, 0.1) is 6.10 Å². The molecule has 1 amide bonds. The third kappa shape index (κ3) is 6.97. The van der Waals surface area contributed by atoms with Gasteiger partial charge in [0.1, 0.15) is 17.2 Å². The molecule has 0 aliphatic carbocycles. The molecule has 0 saturated carbocycles. The zero-order valence-corrected chi connectivity index (χ0v) is 18.5. The van der Waals surface area contributed by atoms with E-state index in [0.29, 0.717) is 17.7 Å². The van der Waals surface area contributed by atoms with Crippen LogP contribution in [0.1, 0.15) is 40.3 Å². The molecule has 12 heteroatoms. The minimum Gasteiger partial charge on any atom is -0.508 e. The molecule has 6 N–H and O–H groups in total. The molecular weight excluding hydrogens is 456 g/mol. The maximum absolute atomic E-state index is 11.3. The van der Waals surface area contributed by atoms with Gasteiger partial charge >= 0.3 is 0 Å². The molecule has 11 nitrogen and oxygen atoms in total. The lowest BCUT2D eigenvalue weighted by Gasteiger charge is -2.18. The Morgan fingerprint density at radius 1 is 1.24 bits per heavy atom. The van der Waals surface area contributed by atoms with Gasteiger partial charge in [0, 0.05) is 23.8 Å². The Bertz CT molecular complexity index is 1050. The lowest BCUT2D eigenvalue weighted by Crippen LogP contribution is -2.35. The molecule has 0 aliphatic rings. The normalized spacial score (nSPS) is 12.5. The molecule has 33 heavy (non-hydrogen) atoms. The molecule has 1 heterocycles. The average Bonchev–Trinajstić information content (AvgIpc) is 3.11. The number of nitrogens with one attached hydrogen (secondary N) is 1. The Balaban J connectivity index is 0.00000385. The minimum absolute atomic E-state index is 0. The molecule has 0 unspecified atom stereocenters. The van der Waals surface area contributed by atoms with Crippen molar-refractivity contribution in [3.05, 3.63) is 70.2 Å². The van der Waals surface area contributed by atoms with Crippen LogP contribution in [0.3, 0.4) is 0 Å². The van der Waals surface area contributed by atoms with Gasteiger partial charge in [0.2, 0.25) is 0 Å². The topological polar surface area (TPSA) is 178 Å². The van der Waals surface area contributed by atoms with Crippen molar-refractivity contribution in [3.8, 4) is 17.2 Å². The zero-order chi connectivity index (χ0) is 23.3. The number of phenolic OH excluding ortho intramolecular Hbond substituents is 2. The van der Waals surface area contributed by atoms with Gasteiger partial charge in [0.15, 0.2) is 6.61 Å². The highest BCUT2D eigenvalue weighted by molar-refractivity contribution is 5.90. The van der Waals surface area contributed by atoms with E-state index in [4.69, 9.17) is 10.5 Å². The highest BCUT2D eigenvalue weighted by atomic mass is 35.5. The van der Waals surface area contributed by atoms with E-state index in [9.17, 15) is 25.3 Å². The SMILES string of the molecule is C[C@H](Cc1ccc(OCc2no[n+]([O-])c2C(N)=O)cc1)NC[C@H](O)c1cc(O)cc(O)c1.Cl. The Morgan fingerprint density at radius 2 is 1.88 bits per heavy atom. The quantitative estimate of drug-likeness (QED) is 0.265. The van der Waals surface area contributed by atoms with Gasteiger partial charge in [-0.1, -0.05) is 12.1 Å². The number of nitrogens with two attached hydrogens (primary N) is 1. The Kier molecular flexibility index (Phi) is 8.85. The Morgan fingerprint density at radius 3 is 2.48 bits per heavy atom. The van der Waals surface area contributed by atoms with E-state index in [0.717, 1.165) is 5.56 Å². The van der Waals surface area contributed by atoms with Crippen molar-refractivity contribution in [2.45, 2.75) is 32.1 Å². The van der Waals surface area contributed by atoms with Crippen LogP contribution in [0.2, 0.25) is 0 Å². The minimum atomic E-state index is -0.956. The van der Waals surface area contributed by atoms with Crippen molar-refractivity contribution in [3.63, 3.8) is 0 Å². The van der Waals surface area contributed by atoms with Crippen molar-refractivity contribution in [1.82, 2.24) is 10.5 Å². The highest BCUT2D eigenvalue weighted by Gasteiger charge is 2.24. The van der Waals surface area contributed by atoms with Crippen LogP contribution in [-0.4, -0.2) is 39.0 Å². The largest absolute Gasteiger partial charge is 0.508 e. The summed E-state index contributed by atoms with van der Waals surface area (Å²) < 4.78 is 9.90. The average molecular weight is 481 g/mol. The predicted molar refractivity (Wildman–Crippen MR) is 118 cm³/mol. The second-order valence-corrected chi connectivity index (χ2v) is 7.33. The molecule has 1 aromatic heterocycles. The number of carbonyl (C=O) groups is 1. The van der Waals surface area contributed by atoms with E-state index in [1.807, 2.05) is 19.1 Å². The van der Waals surface area contributed by atoms with E-state index >= 15 is 0 Å². The number of aliphatic hydroxyl groups excluding tert-OH is 1. The first-order valence-electron chi connectivity index (χ1n) is 9.77. The molecule has 178 valence electrons. The smallest absolute Gasteiger partial charge is 0.297 e. The number of nitrogens with zero attached hydrogens (tertiary/aromatic N) is 2. The number of benzene rings is 2. The summed E-state index contributed by atoms with van der Waals surface area (Å²) in [6, 6.07) is 11.2. The summed E-state index contributed by atoms with van der Waals surface area (Å²) in [7, 11) is 0. The number of aromatic nitrogens is 2. The number of primary amides is 1. The van der Waals surface area contributed by atoms with Gasteiger partial charge in [0.25, 0.3) is 17.3 Å². The number of aromatic hydroxyl groups is 2. The first kappa shape index (κ1) is 25.7. The van der Waals surface area contributed by atoms with Crippen LogP contribution in [0.4, 0.5) is 0 Å². The lowest BCUT2D eigenvalue weighted by atomic mass is 10.1. The molecule has 2 aromatic carbocycles. The number of hydrogen-bond acceptors (Lipinski definition) is 9. The molecule has 3 rings (SSSR count). The van der Waals surface area contributed by atoms with Crippen molar-refractivity contribution >= 4 is 18.3 Å². The number of carbonyl (C=O) groups excluding carboxylic acids is 1. The van der Waals surface area contributed by atoms with Gasteiger partial charge in [-0.25, -0.2) is 0 Å². The van der Waals surface area contributed by atoms with Gasteiger partial charge in [-0.3, -0.25) is 9.42 Å². The monoisotopic (exact) mass is 480 g/mol. The molecule has 0 aliphatic heterocycles. The fourth-order valence-corrected chi connectivity index (χ4v) is 3.14. The highest BCUT2D eigenvalue weighted by Crippen LogP contribution is 2.24. The summed E-state index contributed by atoms with van der Waals surface area (Å²) in [5.74, 6) is -0.681. The van der Waals surface area contributed by atoms with Crippen LogP contribution in [-0.2, 0) is 13.0 Å². The van der Waals surface area contributed by atoms with Crippen molar-refractivity contribution < 1.29 is 34.4 Å². The van der Waals surface area contributed by atoms with Gasteiger partial charge in [-0.05, 0) is 53.6 Å². The number of halogens is 1. The standard InChI is InChI=1S/C21H24N4O7.ClH/c1-12(23-10-19(28)14-7-15(26)9-16(27)8-14)6-13-2-4-17(5-3-13)31-11-18-20(21(22)29)25(30)32-24-18;/h2-5,7-9,12,19,23,26-28H,6,10-11H2,1H3,(H2,22,29);1H/t12-,19+;/m1./s1. The Labute approximate surface area is 195 Å². The van der Waals surface area contributed by atoms with Crippen molar-refractivity contribution in [2.24, 2.45) is 5.73 Å². The number of phenols is 2. The molecule has 2 atom stereocenters. The fraction of sp³-hybridized carbons (Fsp3) is 0.286. The first-order valence-corrected chi connectivity index (χ1v) is 9.77. The molecule has 0 bridgehead atoms. The van der Waals surface area contributed by atoms with Crippen molar-refractivity contribution in [2.75, 3.05) is 6.54 Å². The third-order valence-corrected chi connectivity index (χ3v) is 4.72. The summed E-state index contributed by atoms with van der Waals surface area (Å²) in [5, 5.41) is 47.3. The van der Waals surface area contributed by atoms with Crippen LogP contribution in [0.5, 0.6) is 17.2 Å². The summed E-state index contributed by atoms with van der Waals surface area (Å²) in [4.78, 5) is 11.2. The molecule has 0 radical (unpaired) electrons. The van der Waals surface area contributed by atoms with E-state index < -0.39 is 17.7 Å². The summed E-state index contributed by atoms with van der Waals surface area (Å²) in [6.45, 7) is 2.05. The number of hydrogen-bond donors (Lipinski definition) is 5. The van der Waals surface area contributed by atoms with E-state index in [-0.39, 0.29) is 53.7 Å². The van der Waals surface area contributed by atoms with Crippen molar-refractivity contribution in [1.29, 1.82) is 0 Å². The molecule has 0 spiro atoms. The number of ether oxygens (including phenoxy) is 1. The molecular formula is C21H25ClN4O7. The zero-order valence-electron chi connectivity index (χ0n) is 17.7. The van der Waals surface area contributed by atoms with E-state index in [1.54, 1.807) is 12.1 Å². The number of rotatable bonds is 10. The van der Waals surface area contributed by atoms with Gasteiger partial charge in [-0.15, -0.1) is 12.4 Å². The maximum atomic E-state index is 11.3. The summed E-state index contributed by atoms with van der Waals surface area (Å²) in [6.07, 6.45) is -0.218. The van der Waals surface area contributed by atoms with Gasteiger partial charge in [-0.2, -0.15) is 0 Å². The second-order valence-electron chi connectivity index (χ2n) is 7.33. The number of amides is 1. The predicted octanol–water partition coefficient (Wildman–Crippen LogP) is 1.07. The third-order valence-electron chi connectivity index (χ3n) is 4.72. The van der Waals surface area contributed by atoms with E-state index in [2.05, 4.69) is 15.1 Å². The second kappa shape index (κ2) is 11.4. The van der Waals surface area contributed by atoms with E-state index in [1.165, 1.54) is 18.2 Å². The maximum Gasteiger partial charge on any atom is 0.297 e. The first-order chi connectivity index (χ1) is 15.2. The summed E-state index contributed by atoms with van der Waals surface area (Å²) in [5.41, 5.74) is 6.16. The molecule has 3 aromatic rings. The molecule has 0 fully saturated rings. The Hall–Kier alpha value is -3.54. The lowest BCUT2D eigenvalue weighted by molar-refractivity contribution is -0.803. The molecule has 0 saturated heterocycles. The van der Waals surface area contributed by atoms with Crippen LogP contribution in [0.15, 0.2) is 47.1 Å². The van der Waals surface area contributed by atoms with Crippen LogP contribution in [0, 0.1) is 5.21 Å². The van der Waals surface area contributed by atoms with Gasteiger partial charge < -0.3 is 36.3 Å². The summed E-state index contributed by atoms with van der Waals surface area (Å²) >= 11 is 0. The fourth-order valence-electron chi connectivity index (χ4n) is 3.14. The van der Waals surface area contributed by atoms with Crippen LogP contribution < -0.4 is 20.7 Å². The van der Waals surface area contributed by atoms with Crippen LogP contribution in [0.25, 0.3) is 0 Å².